The molecule has 0 aromatic carbocycles. The Kier molecular flexibility index (Phi) is 7.76. The Morgan fingerprint density at radius 1 is 1.04 bits per heavy atom. The van der Waals surface area contributed by atoms with Crippen LogP contribution in [-0.4, -0.2) is 116 Å². The summed E-state index contributed by atoms with van der Waals surface area (Å²) in [6.45, 7) is 7.01. The molecule has 3 aliphatic heterocycles. The van der Waals surface area contributed by atoms with Gasteiger partial charge in [-0.1, -0.05) is 19.4 Å². The molecule has 0 aromatic heterocycles. The standard InChI is InChI=1S/C34H48O12/c1-15-11-21(44-29(41)18(15)14-43-30-28(40)27(39)26(38)22(13-35)45-30)16(2)33(42)10-8-19-17-12-25-34(46-25)24(37)6-5-23(36)32(34,4)20(17)7-9-31(19,33)3/h5-6,16-17,19-22,24-28,30,35,37-40,42H,7-14H2,1-4H3/t16-,17+,19+,20+,21-,22-,24?,25-,26-,27+,28-,30-,31+,32+,33+,34-/m1/s1. The molecular weight excluding hydrogens is 600 g/mol. The number of hydrogen-bond donors (Lipinski definition) is 6. The molecule has 256 valence electrons. The molecule has 3 saturated carbocycles. The van der Waals surface area contributed by atoms with E-state index in [9.17, 15) is 40.2 Å². The number of ether oxygens (including phenoxy) is 4. The van der Waals surface area contributed by atoms with Crippen LogP contribution in [-0.2, 0) is 28.5 Å². The number of esters is 1. The van der Waals surface area contributed by atoms with E-state index in [1.165, 1.54) is 6.08 Å². The minimum Gasteiger partial charge on any atom is -0.458 e. The van der Waals surface area contributed by atoms with Gasteiger partial charge in [0.1, 0.15) is 42.2 Å². The van der Waals surface area contributed by atoms with Crippen molar-refractivity contribution in [3.8, 4) is 0 Å². The Hall–Kier alpha value is -1.74. The maximum absolute atomic E-state index is 13.5. The van der Waals surface area contributed by atoms with Crippen LogP contribution in [0.5, 0.6) is 0 Å². The number of aliphatic hydroxyl groups excluding tert-OH is 5. The molecular formula is C34H48O12. The van der Waals surface area contributed by atoms with Crippen molar-refractivity contribution in [1.82, 2.24) is 0 Å². The largest absolute Gasteiger partial charge is 0.458 e. The fourth-order valence-corrected chi connectivity index (χ4v) is 11.0. The highest BCUT2D eigenvalue weighted by Crippen LogP contribution is 2.73. The average Bonchev–Trinajstić information content (AvgIpc) is 3.70. The Morgan fingerprint density at radius 3 is 2.46 bits per heavy atom. The van der Waals surface area contributed by atoms with E-state index in [0.29, 0.717) is 19.3 Å². The van der Waals surface area contributed by atoms with Crippen molar-refractivity contribution in [3.63, 3.8) is 0 Å². The number of rotatable bonds is 6. The van der Waals surface area contributed by atoms with Crippen LogP contribution in [0.2, 0.25) is 0 Å². The van der Waals surface area contributed by atoms with Gasteiger partial charge in [0.25, 0.3) is 0 Å². The lowest BCUT2D eigenvalue weighted by Gasteiger charge is -2.59. The lowest BCUT2D eigenvalue weighted by Crippen LogP contribution is -2.65. The van der Waals surface area contributed by atoms with Crippen LogP contribution in [0.3, 0.4) is 0 Å². The van der Waals surface area contributed by atoms with Gasteiger partial charge in [0.15, 0.2) is 12.1 Å². The van der Waals surface area contributed by atoms with Crippen molar-refractivity contribution in [1.29, 1.82) is 0 Å². The highest BCUT2D eigenvalue weighted by molar-refractivity contribution is 5.98. The zero-order chi connectivity index (χ0) is 33.1. The van der Waals surface area contributed by atoms with Gasteiger partial charge in [-0.2, -0.15) is 0 Å². The number of fused-ring (bicyclic) bond motifs is 4. The van der Waals surface area contributed by atoms with Crippen LogP contribution < -0.4 is 0 Å². The molecule has 0 radical (unpaired) electrons. The van der Waals surface area contributed by atoms with Crippen molar-refractivity contribution in [2.45, 2.75) is 126 Å². The van der Waals surface area contributed by atoms with Gasteiger partial charge in [-0.05, 0) is 81.3 Å². The molecule has 1 spiro atoms. The Balaban J connectivity index is 1.06. The van der Waals surface area contributed by atoms with Gasteiger partial charge in [-0.25, -0.2) is 4.79 Å². The summed E-state index contributed by atoms with van der Waals surface area (Å²) in [5.41, 5.74) is -2.28. The first-order chi connectivity index (χ1) is 21.7. The average molecular weight is 649 g/mol. The maximum Gasteiger partial charge on any atom is 0.336 e. The summed E-state index contributed by atoms with van der Waals surface area (Å²) < 4.78 is 23.2. The van der Waals surface area contributed by atoms with Crippen LogP contribution in [0.15, 0.2) is 23.3 Å². The monoisotopic (exact) mass is 648 g/mol. The molecule has 5 fully saturated rings. The quantitative estimate of drug-likeness (QED) is 0.171. The Morgan fingerprint density at radius 2 is 1.76 bits per heavy atom. The van der Waals surface area contributed by atoms with Crippen LogP contribution in [0, 0.1) is 34.5 Å². The molecule has 0 amide bonds. The highest BCUT2D eigenvalue weighted by Gasteiger charge is 2.81. The van der Waals surface area contributed by atoms with Gasteiger partial charge in [0.2, 0.25) is 0 Å². The van der Waals surface area contributed by atoms with Crippen molar-refractivity contribution < 1.29 is 59.2 Å². The number of ketones is 1. The van der Waals surface area contributed by atoms with Crippen molar-refractivity contribution in [2.75, 3.05) is 13.2 Å². The number of aliphatic hydroxyl groups is 6. The van der Waals surface area contributed by atoms with Gasteiger partial charge in [-0.3, -0.25) is 4.79 Å². The molecule has 0 bridgehead atoms. The second kappa shape index (κ2) is 10.9. The number of carbonyl (C=O) groups excluding carboxylic acids is 2. The van der Waals surface area contributed by atoms with Gasteiger partial charge in [0, 0.05) is 12.3 Å². The first-order valence-corrected chi connectivity index (χ1v) is 16.8. The van der Waals surface area contributed by atoms with Crippen LogP contribution >= 0.6 is 0 Å². The molecule has 1 unspecified atom stereocenters. The van der Waals surface area contributed by atoms with Gasteiger partial charge in [0.05, 0.1) is 35.9 Å². The number of cyclic esters (lactones) is 1. The van der Waals surface area contributed by atoms with E-state index < -0.39 is 77.5 Å². The summed E-state index contributed by atoms with van der Waals surface area (Å²) in [6.07, 6.45) is -1.77. The second-order valence-corrected chi connectivity index (χ2v) is 15.5. The van der Waals surface area contributed by atoms with Crippen LogP contribution in [0.1, 0.15) is 66.2 Å². The molecule has 6 N–H and O–H groups in total. The predicted molar refractivity (Wildman–Crippen MR) is 159 cm³/mol. The smallest absolute Gasteiger partial charge is 0.336 e. The molecule has 7 rings (SSSR count). The first-order valence-electron chi connectivity index (χ1n) is 16.8. The van der Waals surface area contributed by atoms with Gasteiger partial charge < -0.3 is 49.6 Å². The van der Waals surface area contributed by atoms with Crippen LogP contribution in [0.25, 0.3) is 0 Å². The maximum atomic E-state index is 13.5. The van der Waals surface area contributed by atoms with E-state index >= 15 is 0 Å². The summed E-state index contributed by atoms with van der Waals surface area (Å²) in [5, 5.41) is 63.3. The third kappa shape index (κ3) is 4.18. The molecule has 4 aliphatic carbocycles. The summed E-state index contributed by atoms with van der Waals surface area (Å²) in [5.74, 6) is -0.618. The van der Waals surface area contributed by atoms with Crippen molar-refractivity contribution in [2.24, 2.45) is 34.5 Å². The van der Waals surface area contributed by atoms with E-state index in [-0.39, 0.29) is 47.7 Å². The summed E-state index contributed by atoms with van der Waals surface area (Å²) in [4.78, 5) is 26.8. The van der Waals surface area contributed by atoms with Crippen LogP contribution in [0.4, 0.5) is 0 Å². The molecule has 12 nitrogen and oxygen atoms in total. The predicted octanol–water partition coefficient (Wildman–Crippen LogP) is 0.292. The lowest BCUT2D eigenvalue weighted by molar-refractivity contribution is -0.299. The van der Waals surface area contributed by atoms with Gasteiger partial charge >= 0.3 is 5.97 Å². The third-order valence-electron chi connectivity index (χ3n) is 13.9. The zero-order valence-electron chi connectivity index (χ0n) is 26.9. The zero-order valence-corrected chi connectivity index (χ0v) is 26.9. The van der Waals surface area contributed by atoms with E-state index in [0.717, 1.165) is 24.8 Å². The van der Waals surface area contributed by atoms with E-state index in [1.807, 2.05) is 13.8 Å². The number of carbonyl (C=O) groups is 2. The summed E-state index contributed by atoms with van der Waals surface area (Å²) in [6, 6.07) is 0. The fraction of sp³-hybridized carbons (Fsp3) is 0.824. The SMILES string of the molecule is CC1=C(CO[C@@H]2O[C@H](CO)[C@@H](O)[C@H](O)[C@H]2O)C(=O)O[C@@H]([C@@H](C)[C@@]2(O)CC[C@H]3[C@@H]4C[C@H]5O[C@]56C(O)C=CC(=O)[C@]6(C)[C@H]4CC[C@@]32C)C1. The van der Waals surface area contributed by atoms with E-state index in [2.05, 4.69) is 6.92 Å². The van der Waals surface area contributed by atoms with Crippen molar-refractivity contribution >= 4 is 11.8 Å². The summed E-state index contributed by atoms with van der Waals surface area (Å²) in [7, 11) is 0. The fourth-order valence-electron chi connectivity index (χ4n) is 11.0. The molecule has 46 heavy (non-hydrogen) atoms. The highest BCUT2D eigenvalue weighted by atomic mass is 16.7. The number of allylic oxidation sites excluding steroid dienone is 1. The third-order valence-corrected chi connectivity index (χ3v) is 13.9. The van der Waals surface area contributed by atoms with E-state index in [4.69, 9.17) is 18.9 Å². The van der Waals surface area contributed by atoms with E-state index in [1.54, 1.807) is 13.0 Å². The molecule has 12 heteroatoms. The summed E-state index contributed by atoms with van der Waals surface area (Å²) >= 11 is 0. The topological polar surface area (TPSA) is 196 Å². The second-order valence-electron chi connectivity index (χ2n) is 15.5. The Labute approximate surface area is 268 Å². The lowest BCUT2D eigenvalue weighted by atomic mass is 9.44. The minimum atomic E-state index is -1.59. The molecule has 3 heterocycles. The normalized spacial score (nSPS) is 53.6. The number of epoxide rings is 1. The first kappa shape index (κ1) is 32.8. The molecule has 16 atom stereocenters. The Bertz CT molecular complexity index is 1340. The molecule has 2 saturated heterocycles. The molecule has 7 aliphatic rings. The number of hydrogen-bond acceptors (Lipinski definition) is 12. The van der Waals surface area contributed by atoms with Gasteiger partial charge in [-0.15, -0.1) is 0 Å². The van der Waals surface area contributed by atoms with Crippen molar-refractivity contribution in [3.05, 3.63) is 23.3 Å². The molecule has 0 aromatic rings. The minimum absolute atomic E-state index is 0.0166.